The predicted molar refractivity (Wildman–Crippen MR) is 111 cm³/mol. The number of methoxy groups -OCH3 is 2. The topological polar surface area (TPSA) is 93.2 Å². The quantitative estimate of drug-likeness (QED) is 0.524. The van der Waals surface area contributed by atoms with Crippen LogP contribution in [0.4, 0.5) is 5.69 Å². The Balaban J connectivity index is 1.60. The van der Waals surface area contributed by atoms with E-state index in [9.17, 15) is 19.2 Å². The minimum absolute atomic E-state index is 0.0675. The molecule has 8 nitrogen and oxygen atoms in total. The molecule has 2 aliphatic rings. The average Bonchev–Trinajstić information content (AvgIpc) is 3.59. The molecule has 2 aromatic carbocycles. The van der Waals surface area contributed by atoms with Crippen molar-refractivity contribution in [3.05, 3.63) is 59.7 Å². The fraction of sp³-hybridized carbons (Fsp3) is 0.304. The lowest BCUT2D eigenvalue weighted by Gasteiger charge is -2.28. The summed E-state index contributed by atoms with van der Waals surface area (Å²) >= 11 is 0. The van der Waals surface area contributed by atoms with Gasteiger partial charge in [0.15, 0.2) is 0 Å². The summed E-state index contributed by atoms with van der Waals surface area (Å²) in [6.45, 7) is 0. The van der Waals surface area contributed by atoms with Crippen molar-refractivity contribution in [1.29, 1.82) is 0 Å². The standard InChI is InChI=1S/C23H22N2O6/c1-30-18-5-3-4-15(12-18)21(27)24(16-10-11-16)19-13-20(26)25(22(19)28)17-8-6-14(7-9-17)23(29)31-2/h3-9,12,16,19H,10-11,13H2,1-2H3. The number of anilines is 1. The summed E-state index contributed by atoms with van der Waals surface area (Å²) in [5.74, 6) is -1.09. The zero-order valence-electron chi connectivity index (χ0n) is 17.2. The Labute approximate surface area is 179 Å². The van der Waals surface area contributed by atoms with Crippen molar-refractivity contribution in [1.82, 2.24) is 4.90 Å². The summed E-state index contributed by atoms with van der Waals surface area (Å²) in [4.78, 5) is 53.5. The highest BCUT2D eigenvalue weighted by Gasteiger charge is 2.48. The zero-order chi connectivity index (χ0) is 22.1. The SMILES string of the molecule is COC(=O)c1ccc(N2C(=O)CC(N(C(=O)c3cccc(OC)c3)C3CC3)C2=O)cc1. The number of amides is 3. The number of hydrogen-bond donors (Lipinski definition) is 0. The number of rotatable bonds is 6. The molecule has 0 aromatic heterocycles. The second-order valence-electron chi connectivity index (χ2n) is 7.50. The Kier molecular flexibility index (Phi) is 5.46. The van der Waals surface area contributed by atoms with Crippen LogP contribution in [0.3, 0.4) is 0 Å². The Morgan fingerprint density at radius 2 is 1.71 bits per heavy atom. The third-order valence-corrected chi connectivity index (χ3v) is 5.50. The third kappa shape index (κ3) is 3.88. The van der Waals surface area contributed by atoms with Crippen LogP contribution in [0.25, 0.3) is 0 Å². The van der Waals surface area contributed by atoms with Gasteiger partial charge >= 0.3 is 5.97 Å². The average molecular weight is 422 g/mol. The maximum absolute atomic E-state index is 13.3. The van der Waals surface area contributed by atoms with Crippen LogP contribution in [0.15, 0.2) is 48.5 Å². The molecule has 4 rings (SSSR count). The van der Waals surface area contributed by atoms with Crippen LogP contribution in [-0.2, 0) is 14.3 Å². The number of esters is 1. The number of benzene rings is 2. The van der Waals surface area contributed by atoms with E-state index in [0.29, 0.717) is 22.6 Å². The number of hydrogen-bond acceptors (Lipinski definition) is 6. The monoisotopic (exact) mass is 422 g/mol. The highest BCUT2D eigenvalue weighted by atomic mass is 16.5. The Morgan fingerprint density at radius 3 is 2.32 bits per heavy atom. The molecule has 0 spiro atoms. The second kappa shape index (κ2) is 8.22. The molecule has 31 heavy (non-hydrogen) atoms. The molecular weight excluding hydrogens is 400 g/mol. The van der Waals surface area contributed by atoms with E-state index in [1.807, 2.05) is 0 Å². The maximum atomic E-state index is 13.3. The van der Waals surface area contributed by atoms with Gasteiger partial charge in [0.2, 0.25) is 5.91 Å². The molecule has 1 atom stereocenters. The van der Waals surface area contributed by atoms with E-state index < -0.39 is 17.9 Å². The molecule has 1 unspecified atom stereocenters. The van der Waals surface area contributed by atoms with E-state index in [2.05, 4.69) is 4.74 Å². The van der Waals surface area contributed by atoms with Crippen molar-refractivity contribution in [2.75, 3.05) is 19.1 Å². The molecule has 3 amide bonds. The molecule has 8 heteroatoms. The first-order valence-electron chi connectivity index (χ1n) is 9.96. The van der Waals surface area contributed by atoms with Gasteiger partial charge in [-0.05, 0) is 55.3 Å². The lowest BCUT2D eigenvalue weighted by atomic mass is 10.1. The highest BCUT2D eigenvalue weighted by Crippen LogP contribution is 2.35. The summed E-state index contributed by atoms with van der Waals surface area (Å²) in [6, 6.07) is 11.9. The number of nitrogens with zero attached hydrogens (tertiary/aromatic N) is 2. The number of ether oxygens (including phenoxy) is 2. The van der Waals surface area contributed by atoms with Crippen molar-refractivity contribution < 1.29 is 28.7 Å². The van der Waals surface area contributed by atoms with Crippen LogP contribution in [0.5, 0.6) is 5.75 Å². The Hall–Kier alpha value is -3.68. The molecule has 1 heterocycles. The maximum Gasteiger partial charge on any atom is 0.337 e. The molecule has 2 aromatic rings. The van der Waals surface area contributed by atoms with Crippen molar-refractivity contribution in [3.63, 3.8) is 0 Å². The molecule has 0 N–H and O–H groups in total. The van der Waals surface area contributed by atoms with Crippen LogP contribution in [0, 0.1) is 0 Å². The fourth-order valence-corrected chi connectivity index (χ4v) is 3.79. The van der Waals surface area contributed by atoms with Crippen molar-refractivity contribution in [2.24, 2.45) is 0 Å². The van der Waals surface area contributed by atoms with Gasteiger partial charge in [0.1, 0.15) is 11.8 Å². The van der Waals surface area contributed by atoms with Gasteiger partial charge in [-0.3, -0.25) is 14.4 Å². The lowest BCUT2D eigenvalue weighted by Crippen LogP contribution is -2.46. The summed E-state index contributed by atoms with van der Waals surface area (Å²) in [5.41, 5.74) is 1.08. The zero-order valence-corrected chi connectivity index (χ0v) is 17.2. The van der Waals surface area contributed by atoms with Gasteiger partial charge in [0, 0.05) is 11.6 Å². The molecule has 160 valence electrons. The van der Waals surface area contributed by atoms with Crippen LogP contribution in [-0.4, -0.2) is 54.9 Å². The minimum atomic E-state index is -0.862. The minimum Gasteiger partial charge on any atom is -0.497 e. The van der Waals surface area contributed by atoms with E-state index in [1.165, 1.54) is 43.4 Å². The van der Waals surface area contributed by atoms with E-state index >= 15 is 0 Å². The molecule has 1 saturated carbocycles. The first-order valence-corrected chi connectivity index (χ1v) is 9.96. The largest absolute Gasteiger partial charge is 0.497 e. The Bertz CT molecular complexity index is 1040. The molecular formula is C23H22N2O6. The summed E-state index contributed by atoms with van der Waals surface area (Å²) < 4.78 is 9.87. The fourth-order valence-electron chi connectivity index (χ4n) is 3.79. The smallest absolute Gasteiger partial charge is 0.337 e. The van der Waals surface area contributed by atoms with Gasteiger partial charge in [-0.15, -0.1) is 0 Å². The van der Waals surface area contributed by atoms with E-state index in [0.717, 1.165) is 17.7 Å². The van der Waals surface area contributed by atoms with Crippen LogP contribution in [0.1, 0.15) is 40.0 Å². The van der Waals surface area contributed by atoms with Gasteiger partial charge in [0.25, 0.3) is 11.8 Å². The second-order valence-corrected chi connectivity index (χ2v) is 7.50. The molecule has 1 aliphatic carbocycles. The lowest BCUT2D eigenvalue weighted by molar-refractivity contribution is -0.122. The Morgan fingerprint density at radius 1 is 1.00 bits per heavy atom. The van der Waals surface area contributed by atoms with Gasteiger partial charge in [-0.25, -0.2) is 9.69 Å². The van der Waals surface area contributed by atoms with Crippen LogP contribution < -0.4 is 9.64 Å². The number of imide groups is 1. The number of carbonyl (C=O) groups excluding carboxylic acids is 4. The van der Waals surface area contributed by atoms with Gasteiger partial charge in [-0.2, -0.15) is 0 Å². The summed E-state index contributed by atoms with van der Waals surface area (Å²) in [5, 5.41) is 0. The van der Waals surface area contributed by atoms with Crippen LogP contribution in [0.2, 0.25) is 0 Å². The van der Waals surface area contributed by atoms with Crippen LogP contribution >= 0.6 is 0 Å². The van der Waals surface area contributed by atoms with Crippen molar-refractivity contribution >= 4 is 29.4 Å². The van der Waals surface area contributed by atoms with Crippen molar-refractivity contribution in [3.8, 4) is 5.75 Å². The van der Waals surface area contributed by atoms with E-state index in [1.54, 1.807) is 24.3 Å². The molecule has 1 saturated heterocycles. The number of carbonyl (C=O) groups is 4. The molecule has 2 fully saturated rings. The van der Waals surface area contributed by atoms with Gasteiger partial charge in [-0.1, -0.05) is 6.07 Å². The molecule has 0 bridgehead atoms. The predicted octanol–water partition coefficient (Wildman–Crippen LogP) is 2.42. The van der Waals surface area contributed by atoms with Gasteiger partial charge < -0.3 is 14.4 Å². The normalized spacial score (nSPS) is 18.1. The van der Waals surface area contributed by atoms with E-state index in [4.69, 9.17) is 4.74 Å². The summed E-state index contributed by atoms with van der Waals surface area (Å²) in [6.07, 6.45) is 1.51. The highest BCUT2D eigenvalue weighted by molar-refractivity contribution is 6.23. The molecule has 0 radical (unpaired) electrons. The third-order valence-electron chi connectivity index (χ3n) is 5.50. The van der Waals surface area contributed by atoms with Gasteiger partial charge in [0.05, 0.1) is 31.9 Å². The van der Waals surface area contributed by atoms with E-state index in [-0.39, 0.29) is 24.3 Å². The summed E-state index contributed by atoms with van der Waals surface area (Å²) in [7, 11) is 2.80. The molecule has 1 aliphatic heterocycles. The first kappa shape index (κ1) is 20.6. The first-order chi connectivity index (χ1) is 14.9. The van der Waals surface area contributed by atoms with Crippen molar-refractivity contribution in [2.45, 2.75) is 31.3 Å².